The SMILES string of the molecule is Cc1cc2[nH]cc(I)c2cc1C. The van der Waals surface area contributed by atoms with E-state index in [1.54, 1.807) is 0 Å². The van der Waals surface area contributed by atoms with E-state index in [0.717, 1.165) is 0 Å². The van der Waals surface area contributed by atoms with Gasteiger partial charge in [-0.2, -0.15) is 0 Å². The summed E-state index contributed by atoms with van der Waals surface area (Å²) in [5, 5.41) is 1.33. The minimum Gasteiger partial charge on any atom is -0.360 e. The molecule has 2 heteroatoms. The van der Waals surface area contributed by atoms with E-state index >= 15 is 0 Å². The number of rotatable bonds is 0. The summed E-state index contributed by atoms with van der Waals surface area (Å²) in [5.74, 6) is 0. The van der Waals surface area contributed by atoms with Gasteiger partial charge >= 0.3 is 0 Å². The molecule has 0 unspecified atom stereocenters. The molecule has 1 N–H and O–H groups in total. The zero-order valence-electron chi connectivity index (χ0n) is 7.11. The van der Waals surface area contributed by atoms with Crippen molar-refractivity contribution in [2.45, 2.75) is 13.8 Å². The van der Waals surface area contributed by atoms with E-state index in [1.807, 2.05) is 6.20 Å². The molecule has 0 bridgehead atoms. The average Bonchev–Trinajstić information content (AvgIpc) is 2.35. The number of aromatic amines is 1. The Bertz CT molecular complexity index is 429. The number of halogens is 1. The third kappa shape index (κ3) is 1.14. The van der Waals surface area contributed by atoms with Gasteiger partial charge < -0.3 is 4.98 Å². The van der Waals surface area contributed by atoms with Crippen LogP contribution in [-0.2, 0) is 0 Å². The van der Waals surface area contributed by atoms with Gasteiger partial charge in [0.1, 0.15) is 0 Å². The van der Waals surface area contributed by atoms with Gasteiger partial charge in [0.25, 0.3) is 0 Å². The van der Waals surface area contributed by atoms with Gasteiger partial charge in [0.05, 0.1) is 0 Å². The predicted octanol–water partition coefficient (Wildman–Crippen LogP) is 3.39. The summed E-state index contributed by atoms with van der Waals surface area (Å²) >= 11 is 2.35. The molecule has 0 fully saturated rings. The molecule has 0 aliphatic carbocycles. The maximum absolute atomic E-state index is 3.25. The second-order valence-corrected chi connectivity index (χ2v) is 4.28. The molecule has 62 valence electrons. The molecule has 0 aliphatic heterocycles. The van der Waals surface area contributed by atoms with E-state index in [1.165, 1.54) is 25.6 Å². The summed E-state index contributed by atoms with van der Waals surface area (Å²) in [6.45, 7) is 4.29. The molecule has 0 spiro atoms. The molecule has 0 radical (unpaired) electrons. The summed E-state index contributed by atoms with van der Waals surface area (Å²) in [6, 6.07) is 4.44. The Labute approximate surface area is 85.3 Å². The fourth-order valence-electron chi connectivity index (χ4n) is 1.35. The zero-order valence-corrected chi connectivity index (χ0v) is 9.27. The van der Waals surface area contributed by atoms with Crippen molar-refractivity contribution >= 4 is 33.5 Å². The van der Waals surface area contributed by atoms with Gasteiger partial charge in [-0.25, -0.2) is 0 Å². The minimum atomic E-state index is 1.24. The van der Waals surface area contributed by atoms with Gasteiger partial charge in [-0.3, -0.25) is 0 Å². The van der Waals surface area contributed by atoms with Crippen LogP contribution in [-0.4, -0.2) is 4.98 Å². The third-order valence-electron chi connectivity index (χ3n) is 2.25. The molecule has 0 saturated carbocycles. The van der Waals surface area contributed by atoms with Crippen molar-refractivity contribution in [2.75, 3.05) is 0 Å². The number of H-pyrrole nitrogens is 1. The van der Waals surface area contributed by atoms with Crippen molar-refractivity contribution in [1.29, 1.82) is 0 Å². The fraction of sp³-hybridized carbons (Fsp3) is 0.200. The maximum atomic E-state index is 3.25. The topological polar surface area (TPSA) is 15.8 Å². The van der Waals surface area contributed by atoms with Crippen LogP contribution in [0, 0.1) is 17.4 Å². The molecule has 1 heterocycles. The van der Waals surface area contributed by atoms with Gasteiger partial charge in [0, 0.05) is 20.7 Å². The third-order valence-corrected chi connectivity index (χ3v) is 3.14. The lowest BCUT2D eigenvalue weighted by molar-refractivity contribution is 1.35. The molecule has 0 saturated heterocycles. The molecule has 1 aromatic heterocycles. The van der Waals surface area contributed by atoms with E-state index in [-0.39, 0.29) is 0 Å². The Kier molecular flexibility index (Phi) is 1.87. The molecular weight excluding hydrogens is 261 g/mol. The Morgan fingerprint density at radius 3 is 2.58 bits per heavy atom. The number of hydrogen-bond acceptors (Lipinski definition) is 0. The number of benzene rings is 1. The fourth-order valence-corrected chi connectivity index (χ4v) is 1.95. The molecule has 0 aliphatic rings. The second-order valence-electron chi connectivity index (χ2n) is 3.12. The first-order valence-electron chi connectivity index (χ1n) is 3.92. The lowest BCUT2D eigenvalue weighted by atomic mass is 10.1. The highest BCUT2D eigenvalue weighted by molar-refractivity contribution is 14.1. The van der Waals surface area contributed by atoms with E-state index in [2.05, 4.69) is 53.6 Å². The summed E-state index contributed by atoms with van der Waals surface area (Å²) in [6.07, 6.45) is 2.05. The monoisotopic (exact) mass is 271 g/mol. The molecule has 0 atom stereocenters. The molecule has 2 aromatic rings. The number of fused-ring (bicyclic) bond motifs is 1. The number of aromatic nitrogens is 1. The van der Waals surface area contributed by atoms with Gasteiger partial charge in [0.2, 0.25) is 0 Å². The summed E-state index contributed by atoms with van der Waals surface area (Å²) in [5.41, 5.74) is 3.95. The van der Waals surface area contributed by atoms with E-state index in [4.69, 9.17) is 0 Å². The van der Waals surface area contributed by atoms with Crippen LogP contribution in [0.3, 0.4) is 0 Å². The molecule has 12 heavy (non-hydrogen) atoms. The van der Waals surface area contributed by atoms with Crippen molar-refractivity contribution < 1.29 is 0 Å². The Morgan fingerprint density at radius 2 is 1.83 bits per heavy atom. The van der Waals surface area contributed by atoms with E-state index in [9.17, 15) is 0 Å². The first-order valence-corrected chi connectivity index (χ1v) is 5.00. The van der Waals surface area contributed by atoms with Crippen LogP contribution >= 0.6 is 22.6 Å². The van der Waals surface area contributed by atoms with Crippen LogP contribution < -0.4 is 0 Å². The van der Waals surface area contributed by atoms with Crippen molar-refractivity contribution in [1.82, 2.24) is 4.98 Å². The first-order chi connectivity index (χ1) is 5.68. The minimum absolute atomic E-state index is 1.24. The number of nitrogens with one attached hydrogen (secondary N) is 1. The molecule has 1 aromatic carbocycles. The van der Waals surface area contributed by atoms with Crippen LogP contribution in [0.4, 0.5) is 0 Å². The quantitative estimate of drug-likeness (QED) is 0.707. The van der Waals surface area contributed by atoms with Crippen LogP contribution in [0.5, 0.6) is 0 Å². The lowest BCUT2D eigenvalue weighted by Crippen LogP contribution is -1.80. The van der Waals surface area contributed by atoms with Gasteiger partial charge in [-0.1, -0.05) is 0 Å². The summed E-state index contributed by atoms with van der Waals surface area (Å²) in [7, 11) is 0. The van der Waals surface area contributed by atoms with Crippen molar-refractivity contribution in [3.05, 3.63) is 33.0 Å². The predicted molar refractivity (Wildman–Crippen MR) is 60.5 cm³/mol. The normalized spacial score (nSPS) is 10.9. The van der Waals surface area contributed by atoms with E-state index in [0.29, 0.717) is 0 Å². The lowest BCUT2D eigenvalue weighted by Gasteiger charge is -1.99. The molecule has 0 amide bonds. The second kappa shape index (κ2) is 2.76. The smallest absolute Gasteiger partial charge is 0.0467 e. The highest BCUT2D eigenvalue weighted by Gasteiger charge is 2.01. The van der Waals surface area contributed by atoms with Crippen molar-refractivity contribution in [3.8, 4) is 0 Å². The zero-order chi connectivity index (χ0) is 8.72. The Morgan fingerprint density at radius 1 is 1.17 bits per heavy atom. The van der Waals surface area contributed by atoms with E-state index < -0.39 is 0 Å². The average molecular weight is 271 g/mol. The molecule has 2 rings (SSSR count). The largest absolute Gasteiger partial charge is 0.360 e. The molecule has 1 nitrogen and oxygen atoms in total. The van der Waals surface area contributed by atoms with Gasteiger partial charge in [-0.05, 0) is 59.7 Å². The molecular formula is C10H10IN. The first kappa shape index (κ1) is 8.10. The van der Waals surface area contributed by atoms with Gasteiger partial charge in [-0.15, -0.1) is 0 Å². The van der Waals surface area contributed by atoms with Crippen LogP contribution in [0.2, 0.25) is 0 Å². The van der Waals surface area contributed by atoms with Crippen molar-refractivity contribution in [2.24, 2.45) is 0 Å². The van der Waals surface area contributed by atoms with Crippen LogP contribution in [0.25, 0.3) is 10.9 Å². The highest BCUT2D eigenvalue weighted by atomic mass is 127. The van der Waals surface area contributed by atoms with Gasteiger partial charge in [0.15, 0.2) is 0 Å². The van der Waals surface area contributed by atoms with Crippen LogP contribution in [0.1, 0.15) is 11.1 Å². The van der Waals surface area contributed by atoms with Crippen LogP contribution in [0.15, 0.2) is 18.3 Å². The summed E-state index contributed by atoms with van der Waals surface area (Å²) in [4.78, 5) is 3.25. The highest BCUT2D eigenvalue weighted by Crippen LogP contribution is 2.23. The number of aryl methyl sites for hydroxylation is 2. The number of hydrogen-bond donors (Lipinski definition) is 1. The maximum Gasteiger partial charge on any atom is 0.0467 e. The Hall–Kier alpha value is -0.510. The Balaban J connectivity index is 2.87. The van der Waals surface area contributed by atoms with Crippen molar-refractivity contribution in [3.63, 3.8) is 0 Å². The summed E-state index contributed by atoms with van der Waals surface area (Å²) < 4.78 is 1.30. The standard InChI is InChI=1S/C10H10IN/c1-6-3-8-9(11)5-12-10(8)4-7(6)2/h3-5,12H,1-2H3.